The molecular formula is C9H16N2O2. The van der Waals surface area contributed by atoms with Gasteiger partial charge in [0.15, 0.2) is 0 Å². The highest BCUT2D eigenvalue weighted by Crippen LogP contribution is 2.16. The first kappa shape index (κ1) is 11.9. The molecule has 0 heterocycles. The van der Waals surface area contributed by atoms with Crippen molar-refractivity contribution >= 4 is 5.97 Å². The first-order valence-corrected chi connectivity index (χ1v) is 4.26. The number of carboxylic acids is 1. The molecule has 0 unspecified atom stereocenters. The molecule has 0 aromatic rings. The van der Waals surface area contributed by atoms with Crippen LogP contribution in [-0.2, 0) is 4.79 Å². The van der Waals surface area contributed by atoms with Gasteiger partial charge in [-0.1, -0.05) is 6.92 Å². The van der Waals surface area contributed by atoms with Crippen LogP contribution in [0.1, 0.15) is 20.8 Å². The summed E-state index contributed by atoms with van der Waals surface area (Å²) in [4.78, 5) is 12.6. The van der Waals surface area contributed by atoms with E-state index in [4.69, 9.17) is 10.4 Å². The lowest BCUT2D eigenvalue weighted by atomic mass is 9.93. The van der Waals surface area contributed by atoms with Crippen LogP contribution >= 0.6 is 0 Å². The van der Waals surface area contributed by atoms with Crippen LogP contribution in [0.25, 0.3) is 0 Å². The van der Waals surface area contributed by atoms with E-state index in [0.717, 1.165) is 0 Å². The van der Waals surface area contributed by atoms with Crippen LogP contribution < -0.4 is 0 Å². The van der Waals surface area contributed by atoms with Gasteiger partial charge in [0, 0.05) is 6.54 Å². The molecule has 0 amide bonds. The summed E-state index contributed by atoms with van der Waals surface area (Å²) in [6.45, 7) is 6.63. The average molecular weight is 184 g/mol. The van der Waals surface area contributed by atoms with Crippen LogP contribution in [0.4, 0.5) is 0 Å². The van der Waals surface area contributed by atoms with Crippen LogP contribution in [0, 0.1) is 16.7 Å². The lowest BCUT2D eigenvalue weighted by molar-refractivity contribution is -0.147. The van der Waals surface area contributed by atoms with Crippen molar-refractivity contribution in [2.75, 3.05) is 19.6 Å². The van der Waals surface area contributed by atoms with E-state index in [-0.39, 0.29) is 6.54 Å². The standard InChI is InChI=1S/C9H16N2O2/c1-4-11(6-5-10)7-9(2,3)8(12)13/h4,6-7H2,1-3H3,(H,12,13). The van der Waals surface area contributed by atoms with Gasteiger partial charge in [0.2, 0.25) is 0 Å². The number of carboxylic acid groups (broad SMARTS) is 1. The zero-order valence-electron chi connectivity index (χ0n) is 8.37. The normalized spacial score (nSPS) is 11.3. The molecule has 0 radical (unpaired) electrons. The van der Waals surface area contributed by atoms with E-state index >= 15 is 0 Å². The van der Waals surface area contributed by atoms with Gasteiger partial charge >= 0.3 is 5.97 Å². The second kappa shape index (κ2) is 4.83. The van der Waals surface area contributed by atoms with E-state index in [1.165, 1.54) is 0 Å². The maximum Gasteiger partial charge on any atom is 0.310 e. The van der Waals surface area contributed by atoms with E-state index in [0.29, 0.717) is 13.1 Å². The molecule has 0 aromatic heterocycles. The molecule has 0 rings (SSSR count). The van der Waals surface area contributed by atoms with Gasteiger partial charge in [0.05, 0.1) is 18.0 Å². The first-order chi connectivity index (χ1) is 5.94. The molecule has 0 aliphatic rings. The zero-order valence-corrected chi connectivity index (χ0v) is 8.37. The Bertz CT molecular complexity index is 218. The highest BCUT2D eigenvalue weighted by atomic mass is 16.4. The van der Waals surface area contributed by atoms with Crippen molar-refractivity contribution in [3.8, 4) is 6.07 Å². The minimum Gasteiger partial charge on any atom is -0.481 e. The number of rotatable bonds is 5. The largest absolute Gasteiger partial charge is 0.481 e. The highest BCUT2D eigenvalue weighted by Gasteiger charge is 2.28. The molecule has 0 atom stereocenters. The minimum absolute atomic E-state index is 0.285. The molecule has 0 aliphatic carbocycles. The Balaban J connectivity index is 4.23. The fraction of sp³-hybridized carbons (Fsp3) is 0.778. The van der Waals surface area contributed by atoms with Crippen molar-refractivity contribution in [3.05, 3.63) is 0 Å². The summed E-state index contributed by atoms with van der Waals surface area (Å²) in [5, 5.41) is 17.3. The maximum atomic E-state index is 10.8. The van der Waals surface area contributed by atoms with Crippen LogP contribution in [0.5, 0.6) is 0 Å². The smallest absolute Gasteiger partial charge is 0.310 e. The Labute approximate surface area is 78.8 Å². The van der Waals surface area contributed by atoms with Crippen LogP contribution in [0.3, 0.4) is 0 Å². The lowest BCUT2D eigenvalue weighted by Crippen LogP contribution is -2.39. The summed E-state index contributed by atoms with van der Waals surface area (Å²) in [5.41, 5.74) is -0.785. The van der Waals surface area contributed by atoms with Gasteiger partial charge in [-0.3, -0.25) is 9.69 Å². The van der Waals surface area contributed by atoms with Gasteiger partial charge < -0.3 is 5.11 Å². The Kier molecular flexibility index (Phi) is 4.43. The molecule has 1 N–H and O–H groups in total. The van der Waals surface area contributed by atoms with Gasteiger partial charge in [-0.15, -0.1) is 0 Å². The fourth-order valence-corrected chi connectivity index (χ4v) is 1.01. The molecule has 0 aromatic carbocycles. The molecule has 0 saturated carbocycles. The monoisotopic (exact) mass is 184 g/mol. The van der Waals surface area contributed by atoms with E-state index in [1.54, 1.807) is 13.8 Å². The summed E-state index contributed by atoms with van der Waals surface area (Å²) < 4.78 is 0. The summed E-state index contributed by atoms with van der Waals surface area (Å²) >= 11 is 0. The Hall–Kier alpha value is -1.08. The van der Waals surface area contributed by atoms with Crippen molar-refractivity contribution in [1.82, 2.24) is 4.90 Å². The molecule has 74 valence electrons. The minimum atomic E-state index is -0.830. The predicted molar refractivity (Wildman–Crippen MR) is 49.1 cm³/mol. The SMILES string of the molecule is CCN(CC#N)CC(C)(C)C(=O)O. The summed E-state index contributed by atoms with van der Waals surface area (Å²) in [6.07, 6.45) is 0. The van der Waals surface area contributed by atoms with Crippen molar-refractivity contribution in [1.29, 1.82) is 5.26 Å². The van der Waals surface area contributed by atoms with Crippen molar-refractivity contribution < 1.29 is 9.90 Å². The summed E-state index contributed by atoms with van der Waals surface area (Å²) in [6, 6.07) is 2.01. The molecule has 0 bridgehead atoms. The van der Waals surface area contributed by atoms with Crippen molar-refractivity contribution in [3.63, 3.8) is 0 Å². The molecule has 0 aliphatic heterocycles. The molecule has 13 heavy (non-hydrogen) atoms. The Morgan fingerprint density at radius 3 is 2.46 bits per heavy atom. The van der Waals surface area contributed by atoms with Gasteiger partial charge in [-0.2, -0.15) is 5.26 Å². The third kappa shape index (κ3) is 3.90. The molecule has 0 fully saturated rings. The van der Waals surface area contributed by atoms with Crippen LogP contribution in [-0.4, -0.2) is 35.6 Å². The number of hydrogen-bond acceptors (Lipinski definition) is 3. The lowest BCUT2D eigenvalue weighted by Gasteiger charge is -2.26. The summed E-state index contributed by atoms with van der Waals surface area (Å²) in [7, 11) is 0. The van der Waals surface area contributed by atoms with Gasteiger partial charge in [0.25, 0.3) is 0 Å². The average Bonchev–Trinajstić information content (AvgIpc) is 2.03. The van der Waals surface area contributed by atoms with Gasteiger partial charge in [0.1, 0.15) is 0 Å². The van der Waals surface area contributed by atoms with Crippen molar-refractivity contribution in [2.24, 2.45) is 5.41 Å². The zero-order chi connectivity index (χ0) is 10.5. The van der Waals surface area contributed by atoms with Crippen LogP contribution in [0.2, 0.25) is 0 Å². The molecular weight excluding hydrogens is 168 g/mol. The first-order valence-electron chi connectivity index (χ1n) is 4.26. The Morgan fingerprint density at radius 1 is 1.62 bits per heavy atom. The van der Waals surface area contributed by atoms with E-state index in [2.05, 4.69) is 0 Å². The third-order valence-electron chi connectivity index (χ3n) is 1.94. The van der Waals surface area contributed by atoms with E-state index < -0.39 is 11.4 Å². The van der Waals surface area contributed by atoms with Gasteiger partial charge in [-0.25, -0.2) is 0 Å². The Morgan fingerprint density at radius 2 is 2.15 bits per heavy atom. The van der Waals surface area contributed by atoms with Gasteiger partial charge in [-0.05, 0) is 20.4 Å². The molecule has 0 spiro atoms. The molecule has 4 nitrogen and oxygen atoms in total. The van der Waals surface area contributed by atoms with Crippen LogP contribution in [0.15, 0.2) is 0 Å². The number of aliphatic carboxylic acids is 1. The third-order valence-corrected chi connectivity index (χ3v) is 1.94. The van der Waals surface area contributed by atoms with E-state index in [9.17, 15) is 4.79 Å². The fourth-order valence-electron chi connectivity index (χ4n) is 1.01. The topological polar surface area (TPSA) is 64.3 Å². The molecule has 4 heteroatoms. The number of nitrogens with zero attached hydrogens (tertiary/aromatic N) is 2. The van der Waals surface area contributed by atoms with E-state index in [1.807, 2.05) is 17.9 Å². The summed E-state index contributed by atoms with van der Waals surface area (Å²) in [5.74, 6) is -0.830. The maximum absolute atomic E-state index is 10.8. The second-order valence-corrected chi connectivity index (χ2v) is 3.65. The quantitative estimate of drug-likeness (QED) is 0.646. The number of nitriles is 1. The predicted octanol–water partition coefficient (Wildman–Crippen LogP) is 0.943. The highest BCUT2D eigenvalue weighted by molar-refractivity contribution is 5.73. The second-order valence-electron chi connectivity index (χ2n) is 3.65. The van der Waals surface area contributed by atoms with Crippen molar-refractivity contribution in [2.45, 2.75) is 20.8 Å². The number of carbonyl (C=O) groups is 1. The number of hydrogen-bond donors (Lipinski definition) is 1. The molecule has 0 saturated heterocycles.